The fourth-order valence-corrected chi connectivity index (χ4v) is 4.03. The molecular weight excluding hydrogens is 306 g/mol. The van der Waals surface area contributed by atoms with Crippen LogP contribution in [0.5, 0.6) is 5.75 Å². The largest absolute Gasteiger partial charge is 0.497 e. The molecule has 0 bridgehead atoms. The van der Waals surface area contributed by atoms with E-state index in [2.05, 4.69) is 0 Å². The highest BCUT2D eigenvalue weighted by atomic mass is 32.2. The van der Waals surface area contributed by atoms with Gasteiger partial charge in [-0.15, -0.1) is 0 Å². The van der Waals surface area contributed by atoms with Crippen molar-refractivity contribution in [1.82, 2.24) is 4.31 Å². The summed E-state index contributed by atoms with van der Waals surface area (Å²) >= 11 is 0. The molecule has 0 N–H and O–H groups in total. The van der Waals surface area contributed by atoms with Crippen LogP contribution in [0.1, 0.15) is 19.8 Å². The molecule has 1 aliphatic heterocycles. The molecule has 0 unspecified atom stereocenters. The molecule has 122 valence electrons. The van der Waals surface area contributed by atoms with Gasteiger partial charge in [0.05, 0.1) is 24.5 Å². The predicted molar refractivity (Wildman–Crippen MR) is 81.1 cm³/mol. The Bertz CT molecular complexity index is 611. The van der Waals surface area contributed by atoms with E-state index in [1.165, 1.54) is 23.5 Å². The van der Waals surface area contributed by atoms with Crippen LogP contribution >= 0.6 is 0 Å². The van der Waals surface area contributed by atoms with Crippen molar-refractivity contribution in [2.75, 3.05) is 26.8 Å². The fourth-order valence-electron chi connectivity index (χ4n) is 2.51. The van der Waals surface area contributed by atoms with Gasteiger partial charge in [-0.25, -0.2) is 8.42 Å². The molecule has 0 aliphatic carbocycles. The molecule has 0 aromatic heterocycles. The Morgan fingerprint density at radius 2 is 2.00 bits per heavy atom. The van der Waals surface area contributed by atoms with Gasteiger partial charge in [-0.3, -0.25) is 4.79 Å². The average molecular weight is 327 g/mol. The number of hydrogen-bond donors (Lipinski definition) is 0. The summed E-state index contributed by atoms with van der Waals surface area (Å²) in [6, 6.07) is 6.25. The minimum Gasteiger partial charge on any atom is -0.497 e. The number of carbonyl (C=O) groups is 1. The first-order valence-corrected chi connectivity index (χ1v) is 8.74. The summed E-state index contributed by atoms with van der Waals surface area (Å²) in [4.78, 5) is 12.0. The molecule has 0 radical (unpaired) electrons. The van der Waals surface area contributed by atoms with Crippen LogP contribution in [0, 0.1) is 5.92 Å². The second-order valence-corrected chi connectivity index (χ2v) is 7.07. The first-order valence-electron chi connectivity index (χ1n) is 7.30. The van der Waals surface area contributed by atoms with Crippen LogP contribution in [0.15, 0.2) is 29.2 Å². The van der Waals surface area contributed by atoms with Crippen molar-refractivity contribution in [2.24, 2.45) is 5.92 Å². The third-order valence-electron chi connectivity index (χ3n) is 3.70. The van der Waals surface area contributed by atoms with E-state index in [0.717, 1.165) is 0 Å². The van der Waals surface area contributed by atoms with Crippen LogP contribution in [0.25, 0.3) is 0 Å². The molecule has 1 fully saturated rings. The van der Waals surface area contributed by atoms with Crippen molar-refractivity contribution < 1.29 is 22.7 Å². The third-order valence-corrected chi connectivity index (χ3v) is 5.58. The molecule has 1 aromatic carbocycles. The van der Waals surface area contributed by atoms with Gasteiger partial charge in [-0.05, 0) is 44.0 Å². The molecule has 22 heavy (non-hydrogen) atoms. The number of piperidine rings is 1. The van der Waals surface area contributed by atoms with E-state index in [-0.39, 0.29) is 23.3 Å². The maximum atomic E-state index is 12.6. The number of esters is 1. The molecular formula is C15H21NO5S. The number of methoxy groups -OCH3 is 1. The normalized spacial score (nSPS) is 19.6. The number of sulfonamides is 1. The van der Waals surface area contributed by atoms with Gasteiger partial charge in [-0.1, -0.05) is 0 Å². The lowest BCUT2D eigenvalue weighted by molar-refractivity contribution is -0.149. The van der Waals surface area contributed by atoms with Gasteiger partial charge in [0.1, 0.15) is 5.75 Å². The van der Waals surface area contributed by atoms with E-state index < -0.39 is 10.0 Å². The van der Waals surface area contributed by atoms with Gasteiger partial charge in [-0.2, -0.15) is 4.31 Å². The first-order chi connectivity index (χ1) is 10.5. The zero-order chi connectivity index (χ0) is 16.2. The Morgan fingerprint density at radius 1 is 1.32 bits per heavy atom. The maximum Gasteiger partial charge on any atom is 0.310 e. The molecule has 7 heteroatoms. The zero-order valence-corrected chi connectivity index (χ0v) is 13.6. The summed E-state index contributed by atoms with van der Waals surface area (Å²) < 4.78 is 36.7. The predicted octanol–water partition coefficient (Wildman–Crippen LogP) is 1.66. The van der Waals surface area contributed by atoms with Gasteiger partial charge in [0.2, 0.25) is 10.0 Å². The lowest BCUT2D eigenvalue weighted by Crippen LogP contribution is -2.42. The van der Waals surface area contributed by atoms with E-state index in [4.69, 9.17) is 9.47 Å². The Hall–Kier alpha value is -1.60. The smallest absolute Gasteiger partial charge is 0.310 e. The van der Waals surface area contributed by atoms with Crippen LogP contribution in [0.3, 0.4) is 0 Å². The van der Waals surface area contributed by atoms with Crippen molar-refractivity contribution in [2.45, 2.75) is 24.7 Å². The quantitative estimate of drug-likeness (QED) is 0.769. The van der Waals surface area contributed by atoms with Crippen molar-refractivity contribution in [3.63, 3.8) is 0 Å². The first kappa shape index (κ1) is 16.8. The van der Waals surface area contributed by atoms with E-state index in [9.17, 15) is 13.2 Å². The summed E-state index contributed by atoms with van der Waals surface area (Å²) in [5.74, 6) is -0.110. The molecule has 1 heterocycles. The van der Waals surface area contributed by atoms with Crippen LogP contribution in [-0.4, -0.2) is 45.5 Å². The average Bonchev–Trinajstić information content (AvgIpc) is 2.55. The summed E-state index contributed by atoms with van der Waals surface area (Å²) in [7, 11) is -2.07. The number of rotatable bonds is 5. The number of nitrogens with zero attached hydrogens (tertiary/aromatic N) is 1. The molecule has 6 nitrogen and oxygen atoms in total. The van der Waals surface area contributed by atoms with Gasteiger partial charge in [0.15, 0.2) is 0 Å². The fraction of sp³-hybridized carbons (Fsp3) is 0.533. The Balaban J connectivity index is 2.15. The van der Waals surface area contributed by atoms with Crippen LogP contribution < -0.4 is 4.74 Å². The highest BCUT2D eigenvalue weighted by Crippen LogP contribution is 2.25. The molecule has 0 saturated carbocycles. The summed E-state index contributed by atoms with van der Waals surface area (Å²) in [5.41, 5.74) is 0. The minimum absolute atomic E-state index is 0.174. The standard InChI is InChI=1S/C15H21NO5S/c1-3-21-15(17)12-5-4-10-16(11-12)22(18,19)14-8-6-13(20-2)7-9-14/h6-9,12H,3-5,10-11H2,1-2H3/t12-/m1/s1. The molecule has 1 aromatic rings. The van der Waals surface area contributed by atoms with Crippen molar-refractivity contribution in [3.8, 4) is 5.75 Å². The van der Waals surface area contributed by atoms with E-state index in [0.29, 0.717) is 31.7 Å². The number of carbonyl (C=O) groups excluding carboxylic acids is 1. The lowest BCUT2D eigenvalue weighted by atomic mass is 10.0. The van der Waals surface area contributed by atoms with Gasteiger partial charge in [0, 0.05) is 13.1 Å². The second kappa shape index (κ2) is 7.11. The molecule has 1 saturated heterocycles. The van der Waals surface area contributed by atoms with Crippen molar-refractivity contribution in [1.29, 1.82) is 0 Å². The Labute approximate surface area is 131 Å². The van der Waals surface area contributed by atoms with E-state index >= 15 is 0 Å². The van der Waals surface area contributed by atoms with E-state index in [1.807, 2.05) is 0 Å². The zero-order valence-electron chi connectivity index (χ0n) is 12.8. The molecule has 0 amide bonds. The van der Waals surface area contributed by atoms with Crippen LogP contribution in [0.4, 0.5) is 0 Å². The molecule has 1 aliphatic rings. The summed E-state index contributed by atoms with van der Waals surface area (Å²) in [6.45, 7) is 2.64. The monoisotopic (exact) mass is 327 g/mol. The Morgan fingerprint density at radius 3 is 2.59 bits per heavy atom. The maximum absolute atomic E-state index is 12.6. The number of benzene rings is 1. The van der Waals surface area contributed by atoms with Gasteiger partial charge < -0.3 is 9.47 Å². The molecule has 2 rings (SSSR count). The lowest BCUT2D eigenvalue weighted by Gasteiger charge is -2.30. The van der Waals surface area contributed by atoms with E-state index in [1.54, 1.807) is 19.1 Å². The van der Waals surface area contributed by atoms with Gasteiger partial charge >= 0.3 is 5.97 Å². The topological polar surface area (TPSA) is 72.9 Å². The van der Waals surface area contributed by atoms with Crippen molar-refractivity contribution >= 4 is 16.0 Å². The van der Waals surface area contributed by atoms with Crippen molar-refractivity contribution in [3.05, 3.63) is 24.3 Å². The van der Waals surface area contributed by atoms with Gasteiger partial charge in [0.25, 0.3) is 0 Å². The SMILES string of the molecule is CCOC(=O)[C@@H]1CCCN(S(=O)(=O)c2ccc(OC)cc2)C1. The highest BCUT2D eigenvalue weighted by molar-refractivity contribution is 7.89. The minimum atomic E-state index is -3.60. The number of ether oxygens (including phenoxy) is 2. The van der Waals surface area contributed by atoms with Crippen LogP contribution in [0.2, 0.25) is 0 Å². The second-order valence-electron chi connectivity index (χ2n) is 5.13. The summed E-state index contributed by atoms with van der Waals surface area (Å²) in [6.07, 6.45) is 1.31. The highest BCUT2D eigenvalue weighted by Gasteiger charge is 2.33. The van der Waals surface area contributed by atoms with Crippen LogP contribution in [-0.2, 0) is 19.6 Å². The Kier molecular flexibility index (Phi) is 5.42. The molecule has 0 spiro atoms. The molecule has 1 atom stereocenters. The summed E-state index contributed by atoms with van der Waals surface area (Å²) in [5, 5.41) is 0. The number of hydrogen-bond acceptors (Lipinski definition) is 5. The third kappa shape index (κ3) is 3.59.